The molecule has 0 saturated heterocycles. The zero-order valence-electron chi connectivity index (χ0n) is 13.0. The Bertz CT molecular complexity index is 1200. The summed E-state index contributed by atoms with van der Waals surface area (Å²) in [6, 6.07) is 10.6. The van der Waals surface area contributed by atoms with Crippen LogP contribution in [0, 0.1) is 12.7 Å². The predicted molar refractivity (Wildman–Crippen MR) is 94.8 cm³/mol. The zero-order chi connectivity index (χ0) is 17.6. The lowest BCUT2D eigenvalue weighted by Gasteiger charge is -2.04. The predicted octanol–water partition coefficient (Wildman–Crippen LogP) is 4.10. The molecule has 0 radical (unpaired) electrons. The highest BCUT2D eigenvalue weighted by molar-refractivity contribution is 7.22. The molecule has 0 aliphatic heterocycles. The maximum absolute atomic E-state index is 13.2. The number of nitrogens with one attached hydrogen (secondary N) is 1. The van der Waals surface area contributed by atoms with Crippen molar-refractivity contribution in [1.29, 1.82) is 0 Å². The first-order valence-electron chi connectivity index (χ1n) is 7.42. The molecular formula is C18H11FN2O3S. The van der Waals surface area contributed by atoms with E-state index in [1.807, 2.05) is 0 Å². The van der Waals surface area contributed by atoms with E-state index in [1.54, 1.807) is 25.1 Å². The zero-order valence-corrected chi connectivity index (χ0v) is 13.8. The van der Waals surface area contributed by atoms with Crippen molar-refractivity contribution in [1.82, 2.24) is 4.98 Å². The molecule has 0 aliphatic carbocycles. The van der Waals surface area contributed by atoms with Crippen LogP contribution in [0.15, 0.2) is 51.7 Å². The smallest absolute Gasteiger partial charge is 0.293 e. The van der Waals surface area contributed by atoms with Crippen molar-refractivity contribution in [3.63, 3.8) is 0 Å². The standard InChI is InChI=1S/C18H11FN2O3S/c1-9-3-2-4-11-13(22)8-14(24-16(9)11)17(23)21-18-20-12-6-5-10(19)7-15(12)25-18/h2-8H,1H3,(H,20,21,23). The van der Waals surface area contributed by atoms with Crippen molar-refractivity contribution >= 4 is 43.6 Å². The third kappa shape index (κ3) is 2.78. The van der Waals surface area contributed by atoms with Crippen molar-refractivity contribution in [2.75, 3.05) is 5.32 Å². The van der Waals surface area contributed by atoms with E-state index in [4.69, 9.17) is 4.42 Å². The Morgan fingerprint density at radius 3 is 2.92 bits per heavy atom. The van der Waals surface area contributed by atoms with Crippen LogP contribution in [0.25, 0.3) is 21.2 Å². The summed E-state index contributed by atoms with van der Waals surface area (Å²) in [5, 5.41) is 3.32. The molecule has 2 heterocycles. The summed E-state index contributed by atoms with van der Waals surface area (Å²) in [7, 11) is 0. The SMILES string of the molecule is Cc1cccc2c(=O)cc(C(=O)Nc3nc4ccc(F)cc4s3)oc12. The lowest BCUT2D eigenvalue weighted by atomic mass is 10.1. The number of nitrogens with zero attached hydrogens (tertiary/aromatic N) is 1. The molecule has 2 aromatic carbocycles. The Morgan fingerprint density at radius 1 is 1.24 bits per heavy atom. The molecule has 25 heavy (non-hydrogen) atoms. The van der Waals surface area contributed by atoms with Gasteiger partial charge in [0.15, 0.2) is 16.3 Å². The van der Waals surface area contributed by atoms with Crippen LogP contribution in [-0.4, -0.2) is 10.9 Å². The molecule has 0 saturated carbocycles. The Hall–Kier alpha value is -3.06. The number of aryl methyl sites for hydroxylation is 1. The first-order valence-corrected chi connectivity index (χ1v) is 8.24. The number of hydrogen-bond acceptors (Lipinski definition) is 5. The Balaban J connectivity index is 1.71. The largest absolute Gasteiger partial charge is 0.450 e. The quantitative estimate of drug-likeness (QED) is 0.588. The van der Waals surface area contributed by atoms with Crippen LogP contribution in [0.1, 0.15) is 16.1 Å². The number of anilines is 1. The van der Waals surface area contributed by atoms with Gasteiger partial charge in [0.05, 0.1) is 15.6 Å². The van der Waals surface area contributed by atoms with E-state index < -0.39 is 5.91 Å². The van der Waals surface area contributed by atoms with E-state index in [-0.39, 0.29) is 17.0 Å². The molecule has 0 unspecified atom stereocenters. The Kier molecular flexibility index (Phi) is 3.58. The van der Waals surface area contributed by atoms with Crippen LogP contribution in [0.5, 0.6) is 0 Å². The van der Waals surface area contributed by atoms with Crippen molar-refractivity contribution in [3.8, 4) is 0 Å². The summed E-state index contributed by atoms with van der Waals surface area (Å²) in [6.07, 6.45) is 0. The van der Waals surface area contributed by atoms with Gasteiger partial charge in [-0.3, -0.25) is 14.9 Å². The van der Waals surface area contributed by atoms with Crippen LogP contribution < -0.4 is 10.7 Å². The number of carbonyl (C=O) groups excluding carboxylic acids is 1. The molecule has 1 amide bonds. The summed E-state index contributed by atoms with van der Waals surface area (Å²) in [6.45, 7) is 1.80. The second kappa shape index (κ2) is 5.78. The summed E-state index contributed by atoms with van der Waals surface area (Å²) in [5.41, 5.74) is 1.44. The Morgan fingerprint density at radius 2 is 2.08 bits per heavy atom. The topological polar surface area (TPSA) is 72.2 Å². The number of thiazole rings is 1. The molecule has 2 aromatic heterocycles. The van der Waals surface area contributed by atoms with E-state index in [0.717, 1.165) is 23.0 Å². The molecule has 7 heteroatoms. The molecule has 0 atom stereocenters. The molecule has 124 valence electrons. The fraction of sp³-hybridized carbons (Fsp3) is 0.0556. The molecule has 4 rings (SSSR count). The van der Waals surface area contributed by atoms with E-state index in [0.29, 0.717) is 26.3 Å². The van der Waals surface area contributed by atoms with Gasteiger partial charge in [0.25, 0.3) is 5.91 Å². The van der Waals surface area contributed by atoms with Gasteiger partial charge in [0.2, 0.25) is 0 Å². The summed E-state index contributed by atoms with van der Waals surface area (Å²) < 4.78 is 19.5. The van der Waals surface area contributed by atoms with Gasteiger partial charge in [-0.05, 0) is 36.8 Å². The number of aromatic nitrogens is 1. The lowest BCUT2D eigenvalue weighted by Crippen LogP contribution is -2.15. The van der Waals surface area contributed by atoms with Crippen LogP contribution in [0.2, 0.25) is 0 Å². The number of amides is 1. The second-order valence-electron chi connectivity index (χ2n) is 5.51. The van der Waals surface area contributed by atoms with Gasteiger partial charge in [-0.2, -0.15) is 0 Å². The van der Waals surface area contributed by atoms with Crippen molar-refractivity contribution in [2.24, 2.45) is 0 Å². The minimum Gasteiger partial charge on any atom is -0.450 e. The van der Waals surface area contributed by atoms with Crippen molar-refractivity contribution in [3.05, 3.63) is 69.8 Å². The maximum Gasteiger partial charge on any atom is 0.293 e. The third-order valence-electron chi connectivity index (χ3n) is 3.75. The fourth-order valence-electron chi connectivity index (χ4n) is 2.54. The number of rotatable bonds is 2. The van der Waals surface area contributed by atoms with Gasteiger partial charge < -0.3 is 4.42 Å². The number of fused-ring (bicyclic) bond motifs is 2. The number of hydrogen-bond donors (Lipinski definition) is 1. The molecule has 0 aliphatic rings. The van der Waals surface area contributed by atoms with Gasteiger partial charge in [0, 0.05) is 6.07 Å². The summed E-state index contributed by atoms with van der Waals surface area (Å²) >= 11 is 1.14. The van der Waals surface area contributed by atoms with Gasteiger partial charge in [-0.25, -0.2) is 9.37 Å². The highest BCUT2D eigenvalue weighted by atomic mass is 32.1. The van der Waals surface area contributed by atoms with Gasteiger partial charge in [-0.15, -0.1) is 0 Å². The van der Waals surface area contributed by atoms with Crippen LogP contribution >= 0.6 is 11.3 Å². The van der Waals surface area contributed by atoms with E-state index >= 15 is 0 Å². The summed E-state index contributed by atoms with van der Waals surface area (Å²) in [4.78, 5) is 28.8. The van der Waals surface area contributed by atoms with E-state index in [2.05, 4.69) is 10.3 Å². The second-order valence-corrected chi connectivity index (χ2v) is 6.54. The lowest BCUT2D eigenvalue weighted by molar-refractivity contribution is 0.0997. The number of halogens is 1. The first kappa shape index (κ1) is 15.5. The van der Waals surface area contributed by atoms with Crippen molar-refractivity contribution in [2.45, 2.75) is 6.92 Å². The molecular weight excluding hydrogens is 343 g/mol. The molecule has 0 spiro atoms. The number of para-hydroxylation sites is 1. The first-order chi connectivity index (χ1) is 12.0. The number of carbonyl (C=O) groups is 1. The third-order valence-corrected chi connectivity index (χ3v) is 4.68. The van der Waals surface area contributed by atoms with E-state index in [9.17, 15) is 14.0 Å². The van der Waals surface area contributed by atoms with E-state index in [1.165, 1.54) is 18.2 Å². The maximum atomic E-state index is 13.2. The van der Waals surface area contributed by atoms with Gasteiger partial charge in [0.1, 0.15) is 11.4 Å². The molecule has 0 bridgehead atoms. The highest BCUT2D eigenvalue weighted by Crippen LogP contribution is 2.27. The monoisotopic (exact) mass is 354 g/mol. The minimum atomic E-state index is -0.582. The molecule has 4 aromatic rings. The van der Waals surface area contributed by atoms with Crippen molar-refractivity contribution < 1.29 is 13.6 Å². The average molecular weight is 354 g/mol. The van der Waals surface area contributed by atoms with Crippen LogP contribution in [0.3, 0.4) is 0 Å². The highest BCUT2D eigenvalue weighted by Gasteiger charge is 2.15. The Labute approximate surface area is 144 Å². The summed E-state index contributed by atoms with van der Waals surface area (Å²) in [5.74, 6) is -1.05. The molecule has 0 fully saturated rings. The minimum absolute atomic E-state index is 0.0998. The average Bonchev–Trinajstić information content (AvgIpc) is 2.97. The normalized spacial score (nSPS) is 11.1. The van der Waals surface area contributed by atoms with Gasteiger partial charge >= 0.3 is 0 Å². The molecule has 1 N–H and O–H groups in total. The van der Waals surface area contributed by atoms with Crippen LogP contribution in [-0.2, 0) is 0 Å². The molecule has 5 nitrogen and oxygen atoms in total. The van der Waals surface area contributed by atoms with Crippen LogP contribution in [0.4, 0.5) is 9.52 Å². The fourth-order valence-corrected chi connectivity index (χ4v) is 3.43. The number of benzene rings is 2. The van der Waals surface area contributed by atoms with Gasteiger partial charge in [-0.1, -0.05) is 23.5 Å².